The molecule has 0 bridgehead atoms. The van der Waals surface area contributed by atoms with Gasteiger partial charge in [0.15, 0.2) is 0 Å². The molecule has 20 heavy (non-hydrogen) atoms. The molecule has 0 amide bonds. The summed E-state index contributed by atoms with van der Waals surface area (Å²) in [5, 5.41) is 0. The van der Waals surface area contributed by atoms with Crippen molar-refractivity contribution in [2.24, 2.45) is 0 Å². The Labute approximate surface area is 120 Å². The molecule has 3 nitrogen and oxygen atoms in total. The van der Waals surface area contributed by atoms with Gasteiger partial charge in [0.05, 0.1) is 6.20 Å². The molecule has 1 saturated heterocycles. The lowest BCUT2D eigenvalue weighted by atomic mass is 10.1. The van der Waals surface area contributed by atoms with Crippen LogP contribution in [0, 0.1) is 6.92 Å². The van der Waals surface area contributed by atoms with Gasteiger partial charge in [-0.25, -0.2) is 0 Å². The first-order chi connectivity index (χ1) is 9.79. The normalized spacial score (nSPS) is 19.1. The van der Waals surface area contributed by atoms with Gasteiger partial charge in [-0.3, -0.25) is 9.88 Å². The van der Waals surface area contributed by atoms with Crippen molar-refractivity contribution >= 4 is 0 Å². The van der Waals surface area contributed by atoms with E-state index < -0.39 is 0 Å². The zero-order valence-corrected chi connectivity index (χ0v) is 11.8. The van der Waals surface area contributed by atoms with Gasteiger partial charge >= 0.3 is 0 Å². The van der Waals surface area contributed by atoms with E-state index in [1.165, 1.54) is 11.1 Å². The Morgan fingerprint density at radius 3 is 3.05 bits per heavy atom. The van der Waals surface area contributed by atoms with Gasteiger partial charge in [-0.1, -0.05) is 29.8 Å². The van der Waals surface area contributed by atoms with Crippen molar-refractivity contribution < 1.29 is 4.74 Å². The summed E-state index contributed by atoms with van der Waals surface area (Å²) in [5.41, 5.74) is 2.71. The van der Waals surface area contributed by atoms with Crippen molar-refractivity contribution in [1.82, 2.24) is 9.88 Å². The molecule has 1 aromatic heterocycles. The second-order valence-electron chi connectivity index (χ2n) is 5.44. The van der Waals surface area contributed by atoms with Crippen molar-refractivity contribution in [3.63, 3.8) is 0 Å². The largest absolute Gasteiger partial charge is 0.487 e. The highest BCUT2D eigenvalue weighted by molar-refractivity contribution is 5.22. The van der Waals surface area contributed by atoms with E-state index >= 15 is 0 Å². The maximum Gasteiger partial charge on any atom is 0.138 e. The molecule has 1 aliphatic heterocycles. The van der Waals surface area contributed by atoms with E-state index in [1.54, 1.807) is 12.4 Å². The Morgan fingerprint density at radius 2 is 2.25 bits per heavy atom. The Kier molecular flexibility index (Phi) is 3.97. The molecule has 0 saturated carbocycles. The van der Waals surface area contributed by atoms with E-state index in [0.29, 0.717) is 0 Å². The van der Waals surface area contributed by atoms with Crippen LogP contribution in [0.1, 0.15) is 17.5 Å². The lowest BCUT2D eigenvalue weighted by Gasteiger charge is -2.17. The molecular weight excluding hydrogens is 248 g/mol. The number of rotatable bonds is 4. The SMILES string of the molecule is Cc1cccc(CN2CCC(Oc3cccnc3)C2)c1. The molecule has 1 unspecified atom stereocenters. The van der Waals surface area contributed by atoms with Crippen LogP contribution in [0.2, 0.25) is 0 Å². The summed E-state index contributed by atoms with van der Waals surface area (Å²) in [6, 6.07) is 12.6. The summed E-state index contributed by atoms with van der Waals surface area (Å²) in [7, 11) is 0. The lowest BCUT2D eigenvalue weighted by Crippen LogP contribution is -2.24. The fourth-order valence-electron chi connectivity index (χ4n) is 2.71. The molecule has 0 spiro atoms. The van der Waals surface area contributed by atoms with Crippen molar-refractivity contribution in [1.29, 1.82) is 0 Å². The average molecular weight is 268 g/mol. The van der Waals surface area contributed by atoms with E-state index in [2.05, 4.69) is 41.1 Å². The summed E-state index contributed by atoms with van der Waals surface area (Å²) >= 11 is 0. The minimum absolute atomic E-state index is 0.281. The summed E-state index contributed by atoms with van der Waals surface area (Å²) in [4.78, 5) is 6.54. The van der Waals surface area contributed by atoms with Crippen LogP contribution in [0.4, 0.5) is 0 Å². The third kappa shape index (κ3) is 3.36. The second kappa shape index (κ2) is 6.06. The zero-order chi connectivity index (χ0) is 13.8. The monoisotopic (exact) mass is 268 g/mol. The maximum atomic E-state index is 5.96. The number of nitrogens with zero attached hydrogens (tertiary/aromatic N) is 2. The van der Waals surface area contributed by atoms with Gasteiger partial charge in [-0.15, -0.1) is 0 Å². The molecule has 1 aromatic carbocycles. The van der Waals surface area contributed by atoms with Crippen LogP contribution < -0.4 is 4.74 Å². The highest BCUT2D eigenvalue weighted by atomic mass is 16.5. The predicted octanol–water partition coefficient (Wildman–Crippen LogP) is 3.04. The van der Waals surface area contributed by atoms with Gasteiger partial charge in [0.25, 0.3) is 0 Å². The molecule has 104 valence electrons. The molecular formula is C17H20N2O. The maximum absolute atomic E-state index is 5.96. The van der Waals surface area contributed by atoms with E-state index in [9.17, 15) is 0 Å². The molecule has 0 aliphatic carbocycles. The number of aryl methyl sites for hydroxylation is 1. The number of likely N-dealkylation sites (tertiary alicyclic amines) is 1. The number of benzene rings is 1. The van der Waals surface area contributed by atoms with Gasteiger partial charge in [0.2, 0.25) is 0 Å². The molecule has 2 aromatic rings. The molecule has 0 radical (unpaired) electrons. The Hall–Kier alpha value is -1.87. The summed E-state index contributed by atoms with van der Waals surface area (Å²) < 4.78 is 5.96. The zero-order valence-electron chi connectivity index (χ0n) is 11.8. The van der Waals surface area contributed by atoms with Gasteiger partial charge in [-0.05, 0) is 31.0 Å². The minimum Gasteiger partial charge on any atom is -0.487 e. The van der Waals surface area contributed by atoms with E-state index in [-0.39, 0.29) is 6.10 Å². The van der Waals surface area contributed by atoms with E-state index in [1.807, 2.05) is 12.1 Å². The number of ether oxygens (including phenoxy) is 1. The van der Waals surface area contributed by atoms with Crippen LogP contribution in [0.15, 0.2) is 48.8 Å². The smallest absolute Gasteiger partial charge is 0.138 e. The quantitative estimate of drug-likeness (QED) is 0.852. The van der Waals surface area contributed by atoms with Crippen molar-refractivity contribution in [3.8, 4) is 5.75 Å². The molecule has 1 aliphatic rings. The lowest BCUT2D eigenvalue weighted by molar-refractivity contribution is 0.197. The molecule has 1 atom stereocenters. The number of pyridine rings is 1. The van der Waals surface area contributed by atoms with Crippen LogP contribution in [-0.4, -0.2) is 29.1 Å². The van der Waals surface area contributed by atoms with Crippen molar-refractivity contribution in [2.45, 2.75) is 26.0 Å². The van der Waals surface area contributed by atoms with Gasteiger partial charge in [0, 0.05) is 25.8 Å². The van der Waals surface area contributed by atoms with E-state index in [0.717, 1.165) is 31.8 Å². The fraction of sp³-hybridized carbons (Fsp3) is 0.353. The number of hydrogen-bond acceptors (Lipinski definition) is 3. The van der Waals surface area contributed by atoms with Crippen molar-refractivity contribution in [2.75, 3.05) is 13.1 Å². The van der Waals surface area contributed by atoms with Crippen LogP contribution >= 0.6 is 0 Å². The minimum atomic E-state index is 0.281. The Balaban J connectivity index is 1.54. The van der Waals surface area contributed by atoms with Crippen LogP contribution in [-0.2, 0) is 6.54 Å². The first kappa shape index (κ1) is 13.1. The van der Waals surface area contributed by atoms with Crippen LogP contribution in [0.5, 0.6) is 5.75 Å². The van der Waals surface area contributed by atoms with Crippen LogP contribution in [0.25, 0.3) is 0 Å². The van der Waals surface area contributed by atoms with E-state index in [4.69, 9.17) is 4.74 Å². The molecule has 3 rings (SSSR count). The molecule has 2 heterocycles. The third-order valence-electron chi connectivity index (χ3n) is 3.65. The predicted molar refractivity (Wildman–Crippen MR) is 79.7 cm³/mol. The topological polar surface area (TPSA) is 25.4 Å². The molecule has 3 heteroatoms. The first-order valence-electron chi connectivity index (χ1n) is 7.14. The summed E-state index contributed by atoms with van der Waals surface area (Å²) in [6.07, 6.45) is 4.92. The van der Waals surface area contributed by atoms with Crippen molar-refractivity contribution in [3.05, 3.63) is 59.9 Å². The second-order valence-corrected chi connectivity index (χ2v) is 5.44. The first-order valence-corrected chi connectivity index (χ1v) is 7.14. The number of aromatic nitrogens is 1. The fourth-order valence-corrected chi connectivity index (χ4v) is 2.71. The van der Waals surface area contributed by atoms with Gasteiger partial charge in [0.1, 0.15) is 11.9 Å². The Bertz CT molecular complexity index is 556. The number of hydrogen-bond donors (Lipinski definition) is 0. The summed E-state index contributed by atoms with van der Waals surface area (Å²) in [6.45, 7) is 5.23. The standard InChI is InChI=1S/C17H20N2O/c1-14-4-2-5-15(10-14)12-19-9-7-17(13-19)20-16-6-3-8-18-11-16/h2-6,8,10-11,17H,7,9,12-13H2,1H3. The highest BCUT2D eigenvalue weighted by Crippen LogP contribution is 2.19. The molecule has 0 N–H and O–H groups in total. The van der Waals surface area contributed by atoms with Gasteiger partial charge in [-0.2, -0.15) is 0 Å². The van der Waals surface area contributed by atoms with Crippen LogP contribution in [0.3, 0.4) is 0 Å². The summed E-state index contributed by atoms with van der Waals surface area (Å²) in [5.74, 6) is 0.870. The third-order valence-corrected chi connectivity index (χ3v) is 3.65. The molecule has 1 fully saturated rings. The highest BCUT2D eigenvalue weighted by Gasteiger charge is 2.23. The van der Waals surface area contributed by atoms with Gasteiger partial charge < -0.3 is 4.74 Å². The Morgan fingerprint density at radius 1 is 1.30 bits per heavy atom. The average Bonchev–Trinajstić information content (AvgIpc) is 2.87.